The zero-order valence-electron chi connectivity index (χ0n) is 8.55. The van der Waals surface area contributed by atoms with Gasteiger partial charge in [0.05, 0.1) is 5.75 Å². The minimum absolute atomic E-state index is 0.211. The van der Waals surface area contributed by atoms with Gasteiger partial charge in [0.15, 0.2) is 0 Å². The first-order chi connectivity index (χ1) is 5.33. The van der Waals surface area contributed by atoms with Crippen molar-refractivity contribution in [3.63, 3.8) is 0 Å². The van der Waals surface area contributed by atoms with Crippen LogP contribution in [0.3, 0.4) is 0 Å². The average molecular weight is 192 g/mol. The first-order valence-corrected chi connectivity index (χ1v) is 6.57. The van der Waals surface area contributed by atoms with Crippen LogP contribution in [0.25, 0.3) is 0 Å². The van der Waals surface area contributed by atoms with Crippen LogP contribution in [-0.2, 0) is 9.84 Å². The fourth-order valence-electron chi connectivity index (χ4n) is 1.04. The molecule has 0 aliphatic carbocycles. The van der Waals surface area contributed by atoms with Crippen LogP contribution in [0.1, 0.15) is 40.0 Å². The molecule has 2 nitrogen and oxygen atoms in total. The average Bonchev–Trinajstić information content (AvgIpc) is 1.99. The van der Waals surface area contributed by atoms with Crippen LogP contribution in [0.15, 0.2) is 0 Å². The standard InChI is InChI=1S/C9H20O2S/c1-5-9(3,6-2)7-8-12(4,10)11/h5-8H2,1-4H3. The van der Waals surface area contributed by atoms with Crippen LogP contribution in [0.5, 0.6) is 0 Å². The minimum Gasteiger partial charge on any atom is -0.229 e. The fraction of sp³-hybridized carbons (Fsp3) is 1.00. The lowest BCUT2D eigenvalue weighted by atomic mass is 9.82. The summed E-state index contributed by atoms with van der Waals surface area (Å²) < 4.78 is 21.8. The topological polar surface area (TPSA) is 34.1 Å². The summed E-state index contributed by atoms with van der Waals surface area (Å²) in [5.41, 5.74) is 0.211. The lowest BCUT2D eigenvalue weighted by molar-refractivity contribution is 0.287. The van der Waals surface area contributed by atoms with E-state index in [1.54, 1.807) is 0 Å². The highest BCUT2D eigenvalue weighted by Gasteiger charge is 2.21. The maximum Gasteiger partial charge on any atom is 0.147 e. The first-order valence-electron chi connectivity index (χ1n) is 4.51. The van der Waals surface area contributed by atoms with Crippen LogP contribution >= 0.6 is 0 Å². The van der Waals surface area contributed by atoms with Crippen molar-refractivity contribution in [2.45, 2.75) is 40.0 Å². The zero-order chi connectivity index (χ0) is 9.83. The Hall–Kier alpha value is -0.0500. The second-order valence-corrected chi connectivity index (χ2v) is 6.16. The van der Waals surface area contributed by atoms with E-state index in [-0.39, 0.29) is 5.41 Å². The minimum atomic E-state index is -2.78. The predicted molar refractivity (Wildman–Crippen MR) is 53.0 cm³/mol. The molecule has 3 heteroatoms. The van der Waals surface area contributed by atoms with Gasteiger partial charge < -0.3 is 0 Å². The van der Waals surface area contributed by atoms with Crippen molar-refractivity contribution in [2.75, 3.05) is 12.0 Å². The van der Waals surface area contributed by atoms with E-state index in [2.05, 4.69) is 20.8 Å². The molecule has 0 unspecified atom stereocenters. The van der Waals surface area contributed by atoms with Gasteiger partial charge in [-0.05, 0) is 11.8 Å². The quantitative estimate of drug-likeness (QED) is 0.669. The Bertz CT molecular complexity index is 213. The van der Waals surface area contributed by atoms with Crippen molar-refractivity contribution < 1.29 is 8.42 Å². The van der Waals surface area contributed by atoms with Gasteiger partial charge in [0.1, 0.15) is 9.84 Å². The maximum atomic E-state index is 10.9. The van der Waals surface area contributed by atoms with Gasteiger partial charge in [0, 0.05) is 6.26 Å². The van der Waals surface area contributed by atoms with Gasteiger partial charge in [0.2, 0.25) is 0 Å². The molecule has 0 spiro atoms. The highest BCUT2D eigenvalue weighted by Crippen LogP contribution is 2.29. The van der Waals surface area contributed by atoms with E-state index in [0.717, 1.165) is 19.3 Å². The Labute approximate surface area is 76.3 Å². The zero-order valence-corrected chi connectivity index (χ0v) is 9.37. The largest absolute Gasteiger partial charge is 0.229 e. The van der Waals surface area contributed by atoms with E-state index in [1.807, 2.05) is 0 Å². The highest BCUT2D eigenvalue weighted by atomic mass is 32.2. The molecule has 0 aliphatic heterocycles. The summed E-state index contributed by atoms with van der Waals surface area (Å²) in [6.45, 7) is 6.38. The van der Waals surface area contributed by atoms with Crippen molar-refractivity contribution in [3.05, 3.63) is 0 Å². The summed E-state index contributed by atoms with van der Waals surface area (Å²) in [4.78, 5) is 0. The van der Waals surface area contributed by atoms with Gasteiger partial charge in [-0.3, -0.25) is 0 Å². The fourth-order valence-corrected chi connectivity index (χ4v) is 1.90. The summed E-state index contributed by atoms with van der Waals surface area (Å²) in [5.74, 6) is 0.325. The lowest BCUT2D eigenvalue weighted by Crippen LogP contribution is -2.18. The van der Waals surface area contributed by atoms with Crippen molar-refractivity contribution in [1.29, 1.82) is 0 Å². The first kappa shape index (κ1) is 11.9. The highest BCUT2D eigenvalue weighted by molar-refractivity contribution is 7.90. The molecule has 0 aromatic rings. The number of sulfone groups is 1. The Balaban J connectivity index is 4.07. The number of hydrogen-bond acceptors (Lipinski definition) is 2. The molecule has 0 radical (unpaired) electrons. The van der Waals surface area contributed by atoms with E-state index in [9.17, 15) is 8.42 Å². The van der Waals surface area contributed by atoms with Gasteiger partial charge in [-0.15, -0.1) is 0 Å². The molecular formula is C9H20O2S. The van der Waals surface area contributed by atoms with E-state index < -0.39 is 9.84 Å². The molecule has 0 atom stereocenters. The van der Waals surface area contributed by atoms with Crippen molar-refractivity contribution in [3.8, 4) is 0 Å². The Morgan fingerprint density at radius 3 is 1.83 bits per heavy atom. The molecule has 0 aromatic heterocycles. The predicted octanol–water partition coefficient (Wildman–Crippen LogP) is 2.25. The number of hydrogen-bond donors (Lipinski definition) is 0. The number of rotatable bonds is 5. The van der Waals surface area contributed by atoms with Crippen LogP contribution in [0, 0.1) is 5.41 Å². The summed E-state index contributed by atoms with van der Waals surface area (Å²) in [6, 6.07) is 0. The summed E-state index contributed by atoms with van der Waals surface area (Å²) in [5, 5.41) is 0. The van der Waals surface area contributed by atoms with Crippen molar-refractivity contribution in [2.24, 2.45) is 5.41 Å². The molecule has 12 heavy (non-hydrogen) atoms. The molecule has 0 saturated carbocycles. The molecule has 0 saturated heterocycles. The normalized spacial score (nSPS) is 13.3. The summed E-state index contributed by atoms with van der Waals surface area (Å²) in [7, 11) is -2.78. The molecule has 0 rings (SSSR count). The molecule has 0 fully saturated rings. The molecule has 0 aromatic carbocycles. The van der Waals surface area contributed by atoms with Crippen molar-refractivity contribution >= 4 is 9.84 Å². The Morgan fingerprint density at radius 2 is 1.58 bits per heavy atom. The second-order valence-electron chi connectivity index (χ2n) is 3.90. The van der Waals surface area contributed by atoms with E-state index in [0.29, 0.717) is 5.75 Å². The van der Waals surface area contributed by atoms with E-state index >= 15 is 0 Å². The maximum absolute atomic E-state index is 10.9. The van der Waals surface area contributed by atoms with Crippen LogP contribution in [-0.4, -0.2) is 20.4 Å². The molecule has 74 valence electrons. The molecule has 0 amide bonds. The molecular weight excluding hydrogens is 172 g/mol. The lowest BCUT2D eigenvalue weighted by Gasteiger charge is -2.25. The molecule has 0 aliphatic rings. The van der Waals surface area contributed by atoms with Gasteiger partial charge in [-0.1, -0.05) is 33.6 Å². The Kier molecular flexibility index (Phi) is 4.24. The molecule has 0 heterocycles. The van der Waals surface area contributed by atoms with Crippen molar-refractivity contribution in [1.82, 2.24) is 0 Å². The van der Waals surface area contributed by atoms with E-state index in [1.165, 1.54) is 6.26 Å². The summed E-state index contributed by atoms with van der Waals surface area (Å²) in [6.07, 6.45) is 4.20. The van der Waals surface area contributed by atoms with E-state index in [4.69, 9.17) is 0 Å². The van der Waals surface area contributed by atoms with Gasteiger partial charge >= 0.3 is 0 Å². The summed E-state index contributed by atoms with van der Waals surface area (Å²) >= 11 is 0. The third-order valence-corrected chi connectivity index (χ3v) is 3.73. The van der Waals surface area contributed by atoms with Gasteiger partial charge in [-0.2, -0.15) is 0 Å². The third-order valence-electron chi connectivity index (χ3n) is 2.78. The smallest absolute Gasteiger partial charge is 0.147 e. The SMILES string of the molecule is CCC(C)(CC)CCS(C)(=O)=O. The van der Waals surface area contributed by atoms with Crippen LogP contribution < -0.4 is 0 Å². The van der Waals surface area contributed by atoms with Gasteiger partial charge in [-0.25, -0.2) is 8.42 Å². The second kappa shape index (κ2) is 4.26. The van der Waals surface area contributed by atoms with Gasteiger partial charge in [0.25, 0.3) is 0 Å². The Morgan fingerprint density at radius 1 is 1.17 bits per heavy atom. The van der Waals surface area contributed by atoms with Crippen LogP contribution in [0.2, 0.25) is 0 Å². The molecule has 0 N–H and O–H groups in total. The monoisotopic (exact) mass is 192 g/mol. The molecule has 0 bridgehead atoms. The third kappa shape index (κ3) is 4.75. The van der Waals surface area contributed by atoms with Crippen LogP contribution in [0.4, 0.5) is 0 Å².